The number of nitrogens with one attached hydrogen (secondary N) is 1. The minimum atomic E-state index is -0.612. The normalized spacial score (nSPS) is 10.7. The summed E-state index contributed by atoms with van der Waals surface area (Å²) in [6.45, 7) is 1.89. The fraction of sp³-hybridized carbons (Fsp3) is 0.231. The molecule has 0 saturated heterocycles. The van der Waals surface area contributed by atoms with E-state index in [4.69, 9.17) is 11.6 Å². The predicted molar refractivity (Wildman–Crippen MR) is 70.9 cm³/mol. The van der Waals surface area contributed by atoms with Gasteiger partial charge in [0, 0.05) is 5.56 Å². The zero-order valence-corrected chi connectivity index (χ0v) is 11.0. The van der Waals surface area contributed by atoms with Crippen LogP contribution in [-0.4, -0.2) is 15.1 Å². The summed E-state index contributed by atoms with van der Waals surface area (Å²) >= 11 is 5.58. The fourth-order valence-electron chi connectivity index (χ4n) is 1.74. The lowest BCUT2D eigenvalue weighted by molar-refractivity contribution is 0.443. The third kappa shape index (κ3) is 2.76. The molecule has 6 heteroatoms. The molecule has 2 aromatic rings. The molecule has 100 valence electrons. The van der Waals surface area contributed by atoms with E-state index in [2.05, 4.69) is 9.97 Å². The van der Waals surface area contributed by atoms with Crippen molar-refractivity contribution in [2.75, 3.05) is 0 Å². The molecule has 0 aliphatic rings. The number of hydrogen-bond donors (Lipinski definition) is 2. The maximum atomic E-state index is 13.4. The van der Waals surface area contributed by atoms with Crippen LogP contribution >= 0.6 is 11.6 Å². The van der Waals surface area contributed by atoms with Crippen molar-refractivity contribution in [3.05, 3.63) is 45.0 Å². The number of halogens is 2. The van der Waals surface area contributed by atoms with Crippen LogP contribution in [0.5, 0.6) is 5.88 Å². The van der Waals surface area contributed by atoms with Crippen molar-refractivity contribution >= 4 is 11.6 Å². The number of H-pyrrole nitrogens is 1. The van der Waals surface area contributed by atoms with E-state index in [1.54, 1.807) is 0 Å². The number of benzene rings is 1. The molecule has 19 heavy (non-hydrogen) atoms. The lowest BCUT2D eigenvalue weighted by Crippen LogP contribution is -2.15. The highest BCUT2D eigenvalue weighted by Crippen LogP contribution is 2.23. The van der Waals surface area contributed by atoms with Gasteiger partial charge < -0.3 is 10.1 Å². The highest BCUT2D eigenvalue weighted by molar-refractivity contribution is 6.30. The summed E-state index contributed by atoms with van der Waals surface area (Å²) in [5.74, 6) is -0.826. The number of aromatic amines is 1. The van der Waals surface area contributed by atoms with Crippen LogP contribution in [0.4, 0.5) is 4.39 Å². The SMILES string of the molecule is CCCc1c(O)nc(-c2ccc(Cl)c(F)c2)[nH]c1=O. The van der Waals surface area contributed by atoms with E-state index >= 15 is 0 Å². The first-order valence-electron chi connectivity index (χ1n) is 5.80. The Labute approximate surface area is 113 Å². The lowest BCUT2D eigenvalue weighted by atomic mass is 10.1. The minimum absolute atomic E-state index is 0.0158. The van der Waals surface area contributed by atoms with E-state index in [0.29, 0.717) is 18.4 Å². The third-order valence-electron chi connectivity index (χ3n) is 2.69. The Bertz CT molecular complexity index is 670. The van der Waals surface area contributed by atoms with Gasteiger partial charge in [-0.05, 0) is 24.6 Å². The van der Waals surface area contributed by atoms with Gasteiger partial charge in [0.25, 0.3) is 5.56 Å². The van der Waals surface area contributed by atoms with Crippen LogP contribution in [0.1, 0.15) is 18.9 Å². The molecule has 2 N–H and O–H groups in total. The first kappa shape index (κ1) is 13.5. The van der Waals surface area contributed by atoms with E-state index in [1.165, 1.54) is 12.1 Å². The first-order valence-corrected chi connectivity index (χ1v) is 6.18. The molecule has 2 rings (SSSR count). The van der Waals surface area contributed by atoms with Gasteiger partial charge in [0.05, 0.1) is 10.6 Å². The Morgan fingerprint density at radius 1 is 1.47 bits per heavy atom. The molecular formula is C13H12ClFN2O2. The predicted octanol–water partition coefficient (Wildman–Crippen LogP) is 2.89. The van der Waals surface area contributed by atoms with Crippen molar-refractivity contribution < 1.29 is 9.50 Å². The standard InChI is InChI=1S/C13H12ClFN2O2/c1-2-3-8-12(18)16-11(17-13(8)19)7-4-5-9(14)10(15)6-7/h4-6H,2-3H2,1H3,(H2,16,17,18,19). The van der Waals surface area contributed by atoms with Gasteiger partial charge in [-0.3, -0.25) is 4.79 Å². The molecule has 0 bridgehead atoms. The molecule has 0 atom stereocenters. The molecule has 0 spiro atoms. The van der Waals surface area contributed by atoms with Gasteiger partial charge in [-0.25, -0.2) is 4.39 Å². The molecule has 0 fully saturated rings. The van der Waals surface area contributed by atoms with E-state index in [1.807, 2.05) is 6.92 Å². The second-order valence-corrected chi connectivity index (χ2v) is 4.50. The van der Waals surface area contributed by atoms with E-state index in [-0.39, 0.29) is 22.3 Å². The van der Waals surface area contributed by atoms with Gasteiger partial charge in [0.15, 0.2) is 0 Å². The molecule has 0 aliphatic carbocycles. The van der Waals surface area contributed by atoms with Crippen LogP contribution < -0.4 is 5.56 Å². The fourth-order valence-corrected chi connectivity index (χ4v) is 1.86. The summed E-state index contributed by atoms with van der Waals surface area (Å²) in [6, 6.07) is 4.03. The first-order chi connectivity index (χ1) is 9.02. The van der Waals surface area contributed by atoms with E-state index in [9.17, 15) is 14.3 Å². The quantitative estimate of drug-likeness (QED) is 0.910. The molecule has 1 heterocycles. The summed E-state index contributed by atoms with van der Waals surface area (Å²) in [5.41, 5.74) is 0.165. The average molecular weight is 283 g/mol. The van der Waals surface area contributed by atoms with Crippen LogP contribution in [0, 0.1) is 5.82 Å². The molecule has 4 nitrogen and oxygen atoms in total. The maximum Gasteiger partial charge on any atom is 0.258 e. The van der Waals surface area contributed by atoms with Gasteiger partial charge in [-0.1, -0.05) is 24.9 Å². The summed E-state index contributed by atoms with van der Waals surface area (Å²) in [7, 11) is 0. The van der Waals surface area contributed by atoms with Crippen molar-refractivity contribution in [3.63, 3.8) is 0 Å². The van der Waals surface area contributed by atoms with Gasteiger partial charge in [-0.2, -0.15) is 4.98 Å². The Hall–Kier alpha value is -1.88. The van der Waals surface area contributed by atoms with Crippen molar-refractivity contribution in [2.45, 2.75) is 19.8 Å². The van der Waals surface area contributed by atoms with Crippen LogP contribution in [0.25, 0.3) is 11.4 Å². The molecule has 0 saturated carbocycles. The Morgan fingerprint density at radius 3 is 2.79 bits per heavy atom. The minimum Gasteiger partial charge on any atom is -0.493 e. The monoisotopic (exact) mass is 282 g/mol. The zero-order chi connectivity index (χ0) is 14.0. The average Bonchev–Trinajstić information content (AvgIpc) is 2.37. The second kappa shape index (κ2) is 5.40. The van der Waals surface area contributed by atoms with Crippen LogP contribution in [0.15, 0.2) is 23.0 Å². The molecule has 1 aromatic carbocycles. The Kier molecular flexibility index (Phi) is 3.85. The topological polar surface area (TPSA) is 66.0 Å². The number of aromatic hydroxyl groups is 1. The van der Waals surface area contributed by atoms with Crippen LogP contribution in [0.2, 0.25) is 5.02 Å². The van der Waals surface area contributed by atoms with Gasteiger partial charge in [0.2, 0.25) is 5.88 Å². The van der Waals surface area contributed by atoms with E-state index in [0.717, 1.165) is 6.07 Å². The van der Waals surface area contributed by atoms with Gasteiger partial charge >= 0.3 is 0 Å². The summed E-state index contributed by atoms with van der Waals surface area (Å²) < 4.78 is 13.4. The molecule has 0 amide bonds. The van der Waals surface area contributed by atoms with Gasteiger partial charge in [0.1, 0.15) is 11.6 Å². The zero-order valence-electron chi connectivity index (χ0n) is 10.2. The summed E-state index contributed by atoms with van der Waals surface area (Å²) in [4.78, 5) is 18.2. The van der Waals surface area contributed by atoms with Crippen molar-refractivity contribution in [3.8, 4) is 17.3 Å². The molecule has 0 radical (unpaired) electrons. The molecule has 0 unspecified atom stereocenters. The number of hydrogen-bond acceptors (Lipinski definition) is 3. The summed E-state index contributed by atoms with van der Waals surface area (Å²) in [5, 5.41) is 9.72. The van der Waals surface area contributed by atoms with Crippen LogP contribution in [0.3, 0.4) is 0 Å². The number of aromatic nitrogens is 2. The van der Waals surface area contributed by atoms with Crippen molar-refractivity contribution in [1.82, 2.24) is 9.97 Å². The maximum absolute atomic E-state index is 13.4. The third-order valence-corrected chi connectivity index (χ3v) is 2.99. The van der Waals surface area contributed by atoms with Gasteiger partial charge in [-0.15, -0.1) is 0 Å². The molecule has 1 aromatic heterocycles. The Morgan fingerprint density at radius 2 is 2.21 bits per heavy atom. The summed E-state index contributed by atoms with van der Waals surface area (Å²) in [6.07, 6.45) is 1.15. The highest BCUT2D eigenvalue weighted by Gasteiger charge is 2.12. The highest BCUT2D eigenvalue weighted by atomic mass is 35.5. The Balaban J connectivity index is 2.52. The largest absolute Gasteiger partial charge is 0.493 e. The smallest absolute Gasteiger partial charge is 0.258 e. The van der Waals surface area contributed by atoms with Crippen molar-refractivity contribution in [2.24, 2.45) is 0 Å². The number of nitrogens with zero attached hydrogens (tertiary/aromatic N) is 1. The number of rotatable bonds is 3. The molecular weight excluding hydrogens is 271 g/mol. The second-order valence-electron chi connectivity index (χ2n) is 4.10. The van der Waals surface area contributed by atoms with Crippen LogP contribution in [-0.2, 0) is 6.42 Å². The van der Waals surface area contributed by atoms with Crippen molar-refractivity contribution in [1.29, 1.82) is 0 Å². The molecule has 0 aliphatic heterocycles. The van der Waals surface area contributed by atoms with E-state index < -0.39 is 11.4 Å². The lowest BCUT2D eigenvalue weighted by Gasteiger charge is -2.05.